The van der Waals surface area contributed by atoms with E-state index in [9.17, 15) is 0 Å². The standard InChI is InChI=1S/C16H11Cl2NS2/c17-13-7-6-12(14(18)8-13)9-20-16-19-15(10-21-16)11-4-2-1-3-5-11/h1-8,10H,9H2. The van der Waals surface area contributed by atoms with Gasteiger partial charge < -0.3 is 0 Å². The number of hydrogen-bond donors (Lipinski definition) is 0. The van der Waals surface area contributed by atoms with Crippen LogP contribution in [0.25, 0.3) is 11.3 Å². The molecule has 0 atom stereocenters. The molecule has 5 heteroatoms. The first kappa shape index (κ1) is 14.9. The molecule has 0 unspecified atom stereocenters. The average Bonchev–Trinajstić information content (AvgIpc) is 2.96. The van der Waals surface area contributed by atoms with Crippen LogP contribution in [0.5, 0.6) is 0 Å². The molecule has 0 bridgehead atoms. The third kappa shape index (κ3) is 3.80. The normalized spacial score (nSPS) is 10.8. The fourth-order valence-corrected chi connectivity index (χ4v) is 4.24. The van der Waals surface area contributed by atoms with Gasteiger partial charge >= 0.3 is 0 Å². The first-order valence-corrected chi connectivity index (χ1v) is 8.92. The van der Waals surface area contributed by atoms with Crippen molar-refractivity contribution in [2.75, 3.05) is 0 Å². The van der Waals surface area contributed by atoms with E-state index in [1.54, 1.807) is 29.2 Å². The van der Waals surface area contributed by atoms with E-state index in [0.29, 0.717) is 10.0 Å². The average molecular weight is 352 g/mol. The van der Waals surface area contributed by atoms with Gasteiger partial charge in [0.2, 0.25) is 0 Å². The lowest BCUT2D eigenvalue weighted by molar-refractivity contribution is 1.24. The fourth-order valence-electron chi connectivity index (χ4n) is 1.84. The molecule has 0 radical (unpaired) electrons. The predicted molar refractivity (Wildman–Crippen MR) is 93.6 cm³/mol. The van der Waals surface area contributed by atoms with Gasteiger partial charge in [0, 0.05) is 26.7 Å². The van der Waals surface area contributed by atoms with E-state index in [2.05, 4.69) is 22.5 Å². The predicted octanol–water partition coefficient (Wildman–Crippen LogP) is 6.41. The molecule has 3 rings (SSSR count). The molecule has 1 heterocycles. The van der Waals surface area contributed by atoms with Crippen LogP contribution in [0.3, 0.4) is 0 Å². The van der Waals surface area contributed by atoms with Crippen molar-refractivity contribution in [2.45, 2.75) is 10.1 Å². The molecule has 106 valence electrons. The van der Waals surface area contributed by atoms with E-state index < -0.39 is 0 Å². The second-order valence-corrected chi connectivity index (χ2v) is 7.31. The van der Waals surface area contributed by atoms with Gasteiger partial charge in [0.15, 0.2) is 4.34 Å². The van der Waals surface area contributed by atoms with Crippen molar-refractivity contribution in [3.05, 3.63) is 69.5 Å². The topological polar surface area (TPSA) is 12.9 Å². The zero-order valence-electron chi connectivity index (χ0n) is 10.9. The van der Waals surface area contributed by atoms with Crippen LogP contribution in [0, 0.1) is 0 Å². The molecule has 0 aliphatic heterocycles. The number of benzene rings is 2. The molecular formula is C16H11Cl2NS2. The van der Waals surface area contributed by atoms with E-state index in [4.69, 9.17) is 23.2 Å². The van der Waals surface area contributed by atoms with Gasteiger partial charge in [-0.2, -0.15) is 0 Å². The molecule has 0 N–H and O–H groups in total. The monoisotopic (exact) mass is 351 g/mol. The SMILES string of the molecule is Clc1ccc(CSc2nc(-c3ccccc3)cs2)c(Cl)c1. The lowest BCUT2D eigenvalue weighted by atomic mass is 10.2. The summed E-state index contributed by atoms with van der Waals surface area (Å²) >= 11 is 15.4. The summed E-state index contributed by atoms with van der Waals surface area (Å²) in [5, 5.41) is 3.45. The van der Waals surface area contributed by atoms with Gasteiger partial charge in [-0.05, 0) is 17.7 Å². The summed E-state index contributed by atoms with van der Waals surface area (Å²) < 4.78 is 1.04. The molecular weight excluding hydrogens is 341 g/mol. The lowest BCUT2D eigenvalue weighted by Gasteiger charge is -2.02. The van der Waals surface area contributed by atoms with Gasteiger partial charge in [0.1, 0.15) is 0 Å². The molecule has 0 spiro atoms. The molecule has 1 aromatic heterocycles. The number of hydrogen-bond acceptors (Lipinski definition) is 3. The third-order valence-electron chi connectivity index (χ3n) is 2.92. The van der Waals surface area contributed by atoms with Crippen LogP contribution < -0.4 is 0 Å². The highest BCUT2D eigenvalue weighted by molar-refractivity contribution is 8.00. The van der Waals surface area contributed by atoms with Crippen molar-refractivity contribution in [1.29, 1.82) is 0 Å². The largest absolute Gasteiger partial charge is 0.230 e. The number of rotatable bonds is 4. The molecule has 0 aliphatic carbocycles. The Kier molecular flexibility index (Phi) is 4.86. The molecule has 0 saturated heterocycles. The number of thiazole rings is 1. The van der Waals surface area contributed by atoms with Gasteiger partial charge in [-0.25, -0.2) is 4.98 Å². The number of thioether (sulfide) groups is 1. The van der Waals surface area contributed by atoms with Crippen molar-refractivity contribution in [3.8, 4) is 11.3 Å². The Morgan fingerprint density at radius 2 is 1.86 bits per heavy atom. The van der Waals surface area contributed by atoms with Gasteiger partial charge in [-0.3, -0.25) is 0 Å². The zero-order chi connectivity index (χ0) is 14.7. The first-order valence-electron chi connectivity index (χ1n) is 6.30. The van der Waals surface area contributed by atoms with Crippen LogP contribution in [0.1, 0.15) is 5.56 Å². The summed E-state index contributed by atoms with van der Waals surface area (Å²) in [4.78, 5) is 4.66. The fraction of sp³-hybridized carbons (Fsp3) is 0.0625. The van der Waals surface area contributed by atoms with Crippen LogP contribution in [0.4, 0.5) is 0 Å². The number of halogens is 2. The first-order chi connectivity index (χ1) is 10.2. The van der Waals surface area contributed by atoms with Crippen molar-refractivity contribution >= 4 is 46.3 Å². The van der Waals surface area contributed by atoms with E-state index in [-0.39, 0.29) is 0 Å². The molecule has 21 heavy (non-hydrogen) atoms. The van der Waals surface area contributed by atoms with Crippen molar-refractivity contribution in [3.63, 3.8) is 0 Å². The molecule has 0 fully saturated rings. The summed E-state index contributed by atoms with van der Waals surface area (Å²) in [6, 6.07) is 15.8. The van der Waals surface area contributed by atoms with Crippen LogP contribution in [-0.2, 0) is 5.75 Å². The van der Waals surface area contributed by atoms with E-state index in [1.807, 2.05) is 30.3 Å². The highest BCUT2D eigenvalue weighted by Gasteiger charge is 2.07. The van der Waals surface area contributed by atoms with Gasteiger partial charge in [0.25, 0.3) is 0 Å². The van der Waals surface area contributed by atoms with Crippen LogP contribution in [0.2, 0.25) is 10.0 Å². The number of nitrogens with zero attached hydrogens (tertiary/aromatic N) is 1. The van der Waals surface area contributed by atoms with Gasteiger partial charge in [0.05, 0.1) is 5.69 Å². The maximum absolute atomic E-state index is 6.18. The molecule has 2 aromatic carbocycles. The van der Waals surface area contributed by atoms with Gasteiger partial charge in [-0.1, -0.05) is 71.4 Å². The van der Waals surface area contributed by atoms with E-state index in [0.717, 1.165) is 26.9 Å². The minimum atomic E-state index is 0.661. The Hall–Kier alpha value is -1.00. The van der Waals surface area contributed by atoms with Crippen molar-refractivity contribution in [2.24, 2.45) is 0 Å². The van der Waals surface area contributed by atoms with Gasteiger partial charge in [-0.15, -0.1) is 11.3 Å². The maximum Gasteiger partial charge on any atom is 0.150 e. The summed E-state index contributed by atoms with van der Waals surface area (Å²) in [6.07, 6.45) is 0. The van der Waals surface area contributed by atoms with Crippen molar-refractivity contribution in [1.82, 2.24) is 4.98 Å². The third-order valence-corrected chi connectivity index (χ3v) is 5.58. The van der Waals surface area contributed by atoms with E-state index in [1.165, 1.54) is 0 Å². The highest BCUT2D eigenvalue weighted by atomic mass is 35.5. The second kappa shape index (κ2) is 6.84. The Bertz CT molecular complexity index is 741. The second-order valence-electron chi connectivity index (χ2n) is 4.39. The lowest BCUT2D eigenvalue weighted by Crippen LogP contribution is -1.83. The quantitative estimate of drug-likeness (QED) is 0.503. The summed E-state index contributed by atoms with van der Waals surface area (Å²) in [5.41, 5.74) is 3.23. The summed E-state index contributed by atoms with van der Waals surface area (Å²) in [5.74, 6) is 0.789. The molecule has 0 saturated carbocycles. The van der Waals surface area contributed by atoms with Crippen LogP contribution in [0.15, 0.2) is 58.3 Å². The Balaban J connectivity index is 1.70. The minimum Gasteiger partial charge on any atom is -0.230 e. The molecule has 1 nitrogen and oxygen atoms in total. The van der Waals surface area contributed by atoms with Crippen LogP contribution >= 0.6 is 46.3 Å². The molecule has 0 aliphatic rings. The summed E-state index contributed by atoms with van der Waals surface area (Å²) in [6.45, 7) is 0. The molecule has 3 aromatic rings. The smallest absolute Gasteiger partial charge is 0.150 e. The number of aromatic nitrogens is 1. The van der Waals surface area contributed by atoms with E-state index >= 15 is 0 Å². The maximum atomic E-state index is 6.18. The zero-order valence-corrected chi connectivity index (χ0v) is 14.1. The highest BCUT2D eigenvalue weighted by Crippen LogP contribution is 2.32. The summed E-state index contributed by atoms with van der Waals surface area (Å²) in [7, 11) is 0. The Labute approximate surface area is 142 Å². The Morgan fingerprint density at radius 3 is 2.62 bits per heavy atom. The minimum absolute atomic E-state index is 0.661. The molecule has 0 amide bonds. The van der Waals surface area contributed by atoms with Crippen molar-refractivity contribution < 1.29 is 0 Å². The Morgan fingerprint density at radius 1 is 1.05 bits per heavy atom. The van der Waals surface area contributed by atoms with Crippen LogP contribution in [-0.4, -0.2) is 4.98 Å².